The Balaban J connectivity index is 1.67. The first-order valence-corrected chi connectivity index (χ1v) is 11.4. The summed E-state index contributed by atoms with van der Waals surface area (Å²) in [6.45, 7) is 8.54. The number of carbonyl (C=O) groups is 1. The molecule has 1 aromatic carbocycles. The molecular formula is C20H20BrN5OS2. The molecule has 2 aromatic heterocycles. The minimum atomic E-state index is -0.199. The van der Waals surface area contributed by atoms with Crippen LogP contribution < -0.4 is 5.43 Å². The van der Waals surface area contributed by atoms with Crippen LogP contribution in [0, 0.1) is 6.92 Å². The number of aromatic nitrogens is 3. The number of benzene rings is 1. The maximum atomic E-state index is 12.2. The lowest BCUT2D eigenvalue weighted by Gasteiger charge is -2.10. The number of aryl methyl sites for hydroxylation is 1. The standard InChI is InChI=1S/C20H20BrN5OS2/c1-13(2)11-26-19(15-4-6-16(21)7-5-15)24-25-20(26)29-12-18(27)23-22-10-17-14(3)8-9-28-17/h4-10H,1,11-12H2,2-3H3,(H,23,27)/b22-10-. The van der Waals surface area contributed by atoms with E-state index in [-0.39, 0.29) is 11.7 Å². The molecule has 0 bridgehead atoms. The third-order valence-electron chi connectivity index (χ3n) is 3.85. The van der Waals surface area contributed by atoms with E-state index in [1.807, 2.05) is 54.1 Å². The van der Waals surface area contributed by atoms with E-state index in [0.717, 1.165) is 31.9 Å². The van der Waals surface area contributed by atoms with Crippen molar-refractivity contribution in [3.63, 3.8) is 0 Å². The molecule has 0 radical (unpaired) electrons. The maximum absolute atomic E-state index is 12.2. The number of amides is 1. The van der Waals surface area contributed by atoms with Gasteiger partial charge in [-0.05, 0) is 43.0 Å². The van der Waals surface area contributed by atoms with Crippen LogP contribution in [0.25, 0.3) is 11.4 Å². The molecule has 2 heterocycles. The van der Waals surface area contributed by atoms with Crippen LogP contribution >= 0.6 is 39.0 Å². The van der Waals surface area contributed by atoms with Crippen LogP contribution in [-0.4, -0.2) is 32.6 Å². The Morgan fingerprint density at radius 3 is 2.76 bits per heavy atom. The zero-order valence-corrected chi connectivity index (χ0v) is 19.3. The van der Waals surface area contributed by atoms with Crippen LogP contribution in [0.2, 0.25) is 0 Å². The van der Waals surface area contributed by atoms with Crippen molar-refractivity contribution >= 4 is 51.2 Å². The number of nitrogens with one attached hydrogen (secondary N) is 1. The number of hydrazone groups is 1. The second kappa shape index (κ2) is 10.00. The third kappa shape index (κ3) is 5.88. The summed E-state index contributed by atoms with van der Waals surface area (Å²) in [6, 6.07) is 9.89. The summed E-state index contributed by atoms with van der Waals surface area (Å²) in [5.41, 5.74) is 5.62. The first-order chi connectivity index (χ1) is 13.9. The van der Waals surface area contributed by atoms with Gasteiger partial charge in [0.15, 0.2) is 11.0 Å². The Morgan fingerprint density at radius 1 is 1.34 bits per heavy atom. The molecule has 9 heteroatoms. The van der Waals surface area contributed by atoms with Crippen molar-refractivity contribution in [1.82, 2.24) is 20.2 Å². The number of thiophene rings is 1. The lowest BCUT2D eigenvalue weighted by molar-refractivity contribution is -0.118. The minimum Gasteiger partial charge on any atom is -0.298 e. The summed E-state index contributed by atoms with van der Waals surface area (Å²) in [5.74, 6) is 0.736. The van der Waals surface area contributed by atoms with Crippen LogP contribution in [0.15, 0.2) is 62.6 Å². The number of thioether (sulfide) groups is 1. The molecule has 1 N–H and O–H groups in total. The molecule has 0 unspecified atom stereocenters. The molecule has 0 spiro atoms. The van der Waals surface area contributed by atoms with Gasteiger partial charge in [-0.15, -0.1) is 21.5 Å². The molecule has 150 valence electrons. The molecule has 0 aliphatic rings. The highest BCUT2D eigenvalue weighted by atomic mass is 79.9. The predicted octanol–water partition coefficient (Wildman–Crippen LogP) is 4.90. The maximum Gasteiger partial charge on any atom is 0.250 e. The van der Waals surface area contributed by atoms with Gasteiger partial charge in [0.2, 0.25) is 0 Å². The molecule has 0 aliphatic heterocycles. The van der Waals surface area contributed by atoms with E-state index in [0.29, 0.717) is 11.7 Å². The third-order valence-corrected chi connectivity index (χ3v) is 6.30. The summed E-state index contributed by atoms with van der Waals surface area (Å²) < 4.78 is 2.97. The van der Waals surface area contributed by atoms with E-state index in [1.54, 1.807) is 17.6 Å². The van der Waals surface area contributed by atoms with E-state index in [1.165, 1.54) is 11.8 Å². The van der Waals surface area contributed by atoms with Gasteiger partial charge in [0.1, 0.15) is 0 Å². The largest absolute Gasteiger partial charge is 0.298 e. The topological polar surface area (TPSA) is 72.2 Å². The van der Waals surface area contributed by atoms with Gasteiger partial charge in [-0.2, -0.15) is 5.10 Å². The lowest BCUT2D eigenvalue weighted by atomic mass is 10.2. The molecule has 0 saturated carbocycles. The van der Waals surface area contributed by atoms with Crippen molar-refractivity contribution < 1.29 is 4.79 Å². The highest BCUT2D eigenvalue weighted by Gasteiger charge is 2.15. The summed E-state index contributed by atoms with van der Waals surface area (Å²) >= 11 is 6.35. The molecule has 6 nitrogen and oxygen atoms in total. The Kier molecular flexibility index (Phi) is 7.40. The number of rotatable bonds is 8. The van der Waals surface area contributed by atoms with Gasteiger partial charge in [0.05, 0.1) is 12.0 Å². The van der Waals surface area contributed by atoms with Crippen molar-refractivity contribution in [1.29, 1.82) is 0 Å². The van der Waals surface area contributed by atoms with Crippen LogP contribution in [-0.2, 0) is 11.3 Å². The molecule has 3 aromatic rings. The molecule has 1 amide bonds. The van der Waals surface area contributed by atoms with Crippen molar-refractivity contribution in [2.75, 3.05) is 5.75 Å². The highest BCUT2D eigenvalue weighted by Crippen LogP contribution is 2.26. The Hall–Kier alpha value is -2.23. The van der Waals surface area contributed by atoms with Crippen LogP contribution in [0.3, 0.4) is 0 Å². The molecule has 0 aliphatic carbocycles. The first kappa shape index (κ1) is 21.5. The monoisotopic (exact) mass is 489 g/mol. The zero-order chi connectivity index (χ0) is 20.8. The first-order valence-electron chi connectivity index (χ1n) is 8.76. The van der Waals surface area contributed by atoms with Crippen LogP contribution in [0.4, 0.5) is 0 Å². The minimum absolute atomic E-state index is 0.190. The van der Waals surface area contributed by atoms with Crippen LogP contribution in [0.5, 0.6) is 0 Å². The Bertz CT molecular complexity index is 1040. The van der Waals surface area contributed by atoms with Gasteiger partial charge in [0.25, 0.3) is 5.91 Å². The highest BCUT2D eigenvalue weighted by molar-refractivity contribution is 9.10. The number of hydrogen-bond acceptors (Lipinski definition) is 6. The van der Waals surface area contributed by atoms with Gasteiger partial charge in [-0.25, -0.2) is 5.43 Å². The quantitative estimate of drug-likeness (QED) is 0.211. The van der Waals surface area contributed by atoms with Gasteiger partial charge >= 0.3 is 0 Å². The summed E-state index contributed by atoms with van der Waals surface area (Å²) in [5, 5.41) is 15.3. The summed E-state index contributed by atoms with van der Waals surface area (Å²) in [4.78, 5) is 13.2. The van der Waals surface area contributed by atoms with E-state index >= 15 is 0 Å². The Labute approximate surface area is 186 Å². The second-order valence-corrected chi connectivity index (χ2v) is 9.21. The smallest absolute Gasteiger partial charge is 0.250 e. The van der Waals surface area contributed by atoms with E-state index in [2.05, 4.69) is 43.2 Å². The number of hydrogen-bond donors (Lipinski definition) is 1. The van der Waals surface area contributed by atoms with E-state index < -0.39 is 0 Å². The Morgan fingerprint density at radius 2 is 2.10 bits per heavy atom. The van der Waals surface area contributed by atoms with Gasteiger partial charge in [-0.3, -0.25) is 9.36 Å². The van der Waals surface area contributed by atoms with E-state index in [9.17, 15) is 4.79 Å². The molecule has 0 atom stereocenters. The SMILES string of the molecule is C=C(C)Cn1c(SCC(=O)N/N=C\c2sccc2C)nnc1-c1ccc(Br)cc1. The fourth-order valence-corrected chi connectivity index (χ4v) is 4.24. The van der Waals surface area contributed by atoms with Crippen LogP contribution in [0.1, 0.15) is 17.4 Å². The molecule has 0 saturated heterocycles. The summed E-state index contributed by atoms with van der Waals surface area (Å²) in [6.07, 6.45) is 1.66. The average Bonchev–Trinajstić information content (AvgIpc) is 3.27. The van der Waals surface area contributed by atoms with Gasteiger partial charge in [-0.1, -0.05) is 52.0 Å². The predicted molar refractivity (Wildman–Crippen MR) is 123 cm³/mol. The van der Waals surface area contributed by atoms with Crippen molar-refractivity contribution in [3.05, 3.63) is 62.8 Å². The van der Waals surface area contributed by atoms with E-state index in [4.69, 9.17) is 0 Å². The number of carbonyl (C=O) groups excluding carboxylic acids is 1. The molecule has 3 rings (SSSR count). The zero-order valence-electron chi connectivity index (χ0n) is 16.1. The van der Waals surface area contributed by atoms with Crippen molar-refractivity contribution in [3.8, 4) is 11.4 Å². The molecular weight excluding hydrogens is 470 g/mol. The molecule has 29 heavy (non-hydrogen) atoms. The normalized spacial score (nSPS) is 11.1. The van der Waals surface area contributed by atoms with Gasteiger partial charge in [0, 0.05) is 21.5 Å². The fourth-order valence-electron chi connectivity index (χ4n) is 2.46. The van der Waals surface area contributed by atoms with Crippen molar-refractivity contribution in [2.45, 2.75) is 25.5 Å². The fraction of sp³-hybridized carbons (Fsp3) is 0.200. The molecule has 0 fully saturated rings. The number of halogens is 1. The van der Waals surface area contributed by atoms with Crippen molar-refractivity contribution in [2.24, 2.45) is 5.10 Å². The van der Waals surface area contributed by atoms with Gasteiger partial charge < -0.3 is 0 Å². The second-order valence-electron chi connectivity index (χ2n) is 6.41. The lowest BCUT2D eigenvalue weighted by Crippen LogP contribution is -2.20. The average molecular weight is 490 g/mol. The summed E-state index contributed by atoms with van der Waals surface area (Å²) in [7, 11) is 0. The number of allylic oxidation sites excluding steroid dienone is 1. The number of nitrogens with zero attached hydrogens (tertiary/aromatic N) is 4.